The first-order valence-electron chi connectivity index (χ1n) is 5.55. The molecule has 0 saturated heterocycles. The van der Waals surface area contributed by atoms with Crippen LogP contribution in [-0.4, -0.2) is 25.7 Å². The average Bonchev–Trinajstić information content (AvgIpc) is 2.35. The third-order valence-electron chi connectivity index (χ3n) is 2.41. The van der Waals surface area contributed by atoms with Crippen molar-refractivity contribution in [1.82, 2.24) is 0 Å². The second kappa shape index (κ2) is 7.03. The minimum atomic E-state index is -1.09. The molecule has 18 heavy (non-hydrogen) atoms. The molecule has 1 aromatic rings. The third kappa shape index (κ3) is 4.05. The van der Waals surface area contributed by atoms with Crippen LogP contribution >= 0.6 is 0 Å². The summed E-state index contributed by atoms with van der Waals surface area (Å²) in [7, 11) is 1.55. The molecule has 6 heteroatoms. The summed E-state index contributed by atoms with van der Waals surface area (Å²) in [4.78, 5) is 11.6. The van der Waals surface area contributed by atoms with Crippen molar-refractivity contribution in [3.05, 3.63) is 29.8 Å². The highest BCUT2D eigenvalue weighted by molar-refractivity contribution is 5.94. The lowest BCUT2D eigenvalue weighted by Crippen LogP contribution is -2.36. The highest BCUT2D eigenvalue weighted by atomic mass is 19.2. The number of nitrogens with one attached hydrogen (secondary N) is 1. The van der Waals surface area contributed by atoms with Crippen LogP contribution in [0, 0.1) is 11.6 Å². The Morgan fingerprint density at radius 1 is 1.50 bits per heavy atom. The van der Waals surface area contributed by atoms with Gasteiger partial charge in [0.1, 0.15) is 0 Å². The standard InChI is InChI=1S/C12H16F2N2O2/c1-18-7-3-5-9(15)12(17)16-10-6-2-4-8(13)11(10)14/h2,4,6,9H,3,5,7,15H2,1H3,(H,16,17). The van der Waals surface area contributed by atoms with E-state index >= 15 is 0 Å². The van der Waals surface area contributed by atoms with Crippen molar-refractivity contribution in [3.63, 3.8) is 0 Å². The maximum absolute atomic E-state index is 13.3. The van der Waals surface area contributed by atoms with Gasteiger partial charge in [0.15, 0.2) is 11.6 Å². The average molecular weight is 258 g/mol. The van der Waals surface area contributed by atoms with Crippen LogP contribution in [0.2, 0.25) is 0 Å². The summed E-state index contributed by atoms with van der Waals surface area (Å²) in [6.07, 6.45) is 1.04. The summed E-state index contributed by atoms with van der Waals surface area (Å²) in [6, 6.07) is 2.79. The first-order valence-corrected chi connectivity index (χ1v) is 5.55. The monoisotopic (exact) mass is 258 g/mol. The largest absolute Gasteiger partial charge is 0.385 e. The van der Waals surface area contributed by atoms with Crippen LogP contribution in [0.3, 0.4) is 0 Å². The molecule has 1 amide bonds. The molecule has 0 saturated carbocycles. The SMILES string of the molecule is COCCCC(N)C(=O)Nc1cccc(F)c1F. The zero-order valence-electron chi connectivity index (χ0n) is 10.1. The second-order valence-electron chi connectivity index (χ2n) is 3.83. The van der Waals surface area contributed by atoms with E-state index in [1.165, 1.54) is 12.1 Å². The Hall–Kier alpha value is -1.53. The van der Waals surface area contributed by atoms with Crippen LogP contribution in [-0.2, 0) is 9.53 Å². The quantitative estimate of drug-likeness (QED) is 0.763. The number of hydrogen-bond donors (Lipinski definition) is 2. The highest BCUT2D eigenvalue weighted by Gasteiger charge is 2.16. The molecule has 0 fully saturated rings. The summed E-state index contributed by atoms with van der Waals surface area (Å²) in [5.74, 6) is -2.65. The van der Waals surface area contributed by atoms with Crippen molar-refractivity contribution >= 4 is 11.6 Å². The molecule has 4 nitrogen and oxygen atoms in total. The Morgan fingerprint density at radius 2 is 2.22 bits per heavy atom. The van der Waals surface area contributed by atoms with Crippen LogP contribution in [0.25, 0.3) is 0 Å². The van der Waals surface area contributed by atoms with E-state index in [0.717, 1.165) is 6.07 Å². The Bertz CT molecular complexity index is 413. The zero-order chi connectivity index (χ0) is 13.5. The first-order chi connectivity index (χ1) is 8.56. The molecule has 0 aliphatic rings. The van der Waals surface area contributed by atoms with Crippen LogP contribution in [0.5, 0.6) is 0 Å². The molecule has 0 spiro atoms. The number of halogens is 2. The van der Waals surface area contributed by atoms with E-state index in [2.05, 4.69) is 5.32 Å². The molecular weight excluding hydrogens is 242 g/mol. The van der Waals surface area contributed by atoms with Crippen LogP contribution in [0.15, 0.2) is 18.2 Å². The van der Waals surface area contributed by atoms with E-state index in [4.69, 9.17) is 10.5 Å². The molecule has 0 bridgehead atoms. The number of carbonyl (C=O) groups is 1. The Labute approximate surface area is 104 Å². The zero-order valence-corrected chi connectivity index (χ0v) is 10.1. The van der Waals surface area contributed by atoms with Gasteiger partial charge >= 0.3 is 0 Å². The first kappa shape index (κ1) is 14.5. The summed E-state index contributed by atoms with van der Waals surface area (Å²) < 4.78 is 31.0. The van der Waals surface area contributed by atoms with E-state index in [9.17, 15) is 13.6 Å². The Kier molecular flexibility index (Phi) is 5.67. The Balaban J connectivity index is 2.56. The summed E-state index contributed by atoms with van der Waals surface area (Å²) in [5.41, 5.74) is 5.40. The second-order valence-corrected chi connectivity index (χ2v) is 3.83. The van der Waals surface area contributed by atoms with Gasteiger partial charge in [-0.05, 0) is 25.0 Å². The minimum absolute atomic E-state index is 0.206. The van der Waals surface area contributed by atoms with Crippen LogP contribution in [0.1, 0.15) is 12.8 Å². The minimum Gasteiger partial charge on any atom is -0.385 e. The van der Waals surface area contributed by atoms with E-state index < -0.39 is 23.6 Å². The number of benzene rings is 1. The van der Waals surface area contributed by atoms with Crippen molar-refractivity contribution in [3.8, 4) is 0 Å². The summed E-state index contributed by atoms with van der Waals surface area (Å²) >= 11 is 0. The molecule has 0 radical (unpaired) electrons. The molecule has 100 valence electrons. The summed E-state index contributed by atoms with van der Waals surface area (Å²) in [6.45, 7) is 0.495. The number of methoxy groups -OCH3 is 1. The molecule has 0 aliphatic heterocycles. The van der Waals surface area contributed by atoms with Gasteiger partial charge in [0.05, 0.1) is 11.7 Å². The number of carbonyl (C=O) groups excluding carboxylic acids is 1. The molecule has 0 aromatic heterocycles. The molecule has 1 atom stereocenters. The third-order valence-corrected chi connectivity index (χ3v) is 2.41. The smallest absolute Gasteiger partial charge is 0.241 e. The molecule has 1 rings (SSSR count). The number of anilines is 1. The molecule has 3 N–H and O–H groups in total. The van der Waals surface area contributed by atoms with Gasteiger partial charge in [0.2, 0.25) is 5.91 Å². The van der Waals surface area contributed by atoms with Crippen LogP contribution in [0.4, 0.5) is 14.5 Å². The lowest BCUT2D eigenvalue weighted by molar-refractivity contribution is -0.117. The number of rotatable bonds is 6. The molecule has 0 heterocycles. The molecule has 1 aromatic carbocycles. The van der Waals surface area contributed by atoms with E-state index in [-0.39, 0.29) is 5.69 Å². The van der Waals surface area contributed by atoms with Gasteiger partial charge in [0.25, 0.3) is 0 Å². The fourth-order valence-corrected chi connectivity index (χ4v) is 1.40. The van der Waals surface area contributed by atoms with Crippen molar-refractivity contribution < 1.29 is 18.3 Å². The van der Waals surface area contributed by atoms with E-state index in [1.807, 2.05) is 0 Å². The van der Waals surface area contributed by atoms with Gasteiger partial charge in [0, 0.05) is 13.7 Å². The van der Waals surface area contributed by atoms with Gasteiger partial charge in [-0.25, -0.2) is 8.78 Å². The van der Waals surface area contributed by atoms with E-state index in [0.29, 0.717) is 19.4 Å². The summed E-state index contributed by atoms with van der Waals surface area (Å²) in [5, 5.41) is 2.26. The fourth-order valence-electron chi connectivity index (χ4n) is 1.40. The number of nitrogens with two attached hydrogens (primary N) is 1. The maximum Gasteiger partial charge on any atom is 0.241 e. The molecular formula is C12H16F2N2O2. The fraction of sp³-hybridized carbons (Fsp3) is 0.417. The van der Waals surface area contributed by atoms with Gasteiger partial charge in [-0.15, -0.1) is 0 Å². The van der Waals surface area contributed by atoms with Gasteiger partial charge in [-0.2, -0.15) is 0 Å². The lowest BCUT2D eigenvalue weighted by atomic mass is 10.1. The van der Waals surface area contributed by atoms with Crippen molar-refractivity contribution in [1.29, 1.82) is 0 Å². The molecule has 1 unspecified atom stereocenters. The normalized spacial score (nSPS) is 12.2. The maximum atomic E-state index is 13.3. The predicted molar refractivity (Wildman–Crippen MR) is 64.1 cm³/mol. The highest BCUT2D eigenvalue weighted by Crippen LogP contribution is 2.16. The van der Waals surface area contributed by atoms with Crippen molar-refractivity contribution in [2.24, 2.45) is 5.73 Å². The number of amides is 1. The number of hydrogen-bond acceptors (Lipinski definition) is 3. The Morgan fingerprint density at radius 3 is 2.89 bits per heavy atom. The van der Waals surface area contributed by atoms with Gasteiger partial charge in [-0.3, -0.25) is 4.79 Å². The van der Waals surface area contributed by atoms with E-state index in [1.54, 1.807) is 7.11 Å². The topological polar surface area (TPSA) is 64.3 Å². The van der Waals surface area contributed by atoms with Crippen molar-refractivity contribution in [2.45, 2.75) is 18.9 Å². The number of ether oxygens (including phenoxy) is 1. The van der Waals surface area contributed by atoms with Gasteiger partial charge in [-0.1, -0.05) is 6.07 Å². The van der Waals surface area contributed by atoms with Crippen LogP contribution < -0.4 is 11.1 Å². The van der Waals surface area contributed by atoms with Crippen molar-refractivity contribution in [2.75, 3.05) is 19.0 Å². The molecule has 0 aliphatic carbocycles. The van der Waals surface area contributed by atoms with Gasteiger partial charge < -0.3 is 15.8 Å². The predicted octanol–water partition coefficient (Wildman–Crippen LogP) is 1.66. The lowest BCUT2D eigenvalue weighted by Gasteiger charge is -2.12.